The Morgan fingerprint density at radius 2 is 2.15 bits per heavy atom. The molecule has 0 saturated carbocycles. The van der Waals surface area contributed by atoms with Crippen LogP contribution in [-0.2, 0) is 14.8 Å². The van der Waals surface area contributed by atoms with Crippen LogP contribution in [-0.4, -0.2) is 31.4 Å². The van der Waals surface area contributed by atoms with Crippen LogP contribution in [0.1, 0.15) is 13.3 Å². The monoisotopic (exact) mass is 272 g/mol. The number of primary sulfonamides is 1. The summed E-state index contributed by atoms with van der Waals surface area (Å²) >= 11 is 3.13. The summed E-state index contributed by atoms with van der Waals surface area (Å²) in [6.07, 6.45) is 0.654. The zero-order valence-corrected chi connectivity index (χ0v) is 9.69. The number of hydrogen-bond acceptors (Lipinski definition) is 3. The molecule has 0 radical (unpaired) electrons. The van der Waals surface area contributed by atoms with Crippen molar-refractivity contribution in [3.63, 3.8) is 0 Å². The van der Waals surface area contributed by atoms with E-state index < -0.39 is 10.0 Å². The number of nitrogens with two attached hydrogens (primary N) is 1. The van der Waals surface area contributed by atoms with Crippen LogP contribution in [0, 0.1) is 0 Å². The molecule has 7 heteroatoms. The molecule has 3 N–H and O–H groups in total. The molecular formula is C6H13BrN2O3S. The first-order chi connectivity index (χ1) is 5.87. The van der Waals surface area contributed by atoms with E-state index in [1.165, 1.54) is 0 Å². The average molecular weight is 273 g/mol. The minimum Gasteiger partial charge on any atom is -0.354 e. The fraction of sp³-hybridized carbons (Fsp3) is 0.833. The Morgan fingerprint density at radius 3 is 2.54 bits per heavy atom. The number of carbonyl (C=O) groups is 1. The Bertz CT molecular complexity index is 265. The second-order valence-corrected chi connectivity index (χ2v) is 5.37. The highest BCUT2D eigenvalue weighted by atomic mass is 79.9. The maximum Gasteiger partial charge on any atom is 0.233 e. The Kier molecular flexibility index (Phi) is 5.50. The van der Waals surface area contributed by atoms with E-state index in [0.717, 1.165) is 0 Å². The van der Waals surface area contributed by atoms with Gasteiger partial charge in [-0.3, -0.25) is 4.79 Å². The summed E-state index contributed by atoms with van der Waals surface area (Å²) in [5.41, 5.74) is 0. The molecule has 0 aromatic carbocycles. The summed E-state index contributed by atoms with van der Waals surface area (Å²) < 4.78 is 20.9. The molecule has 0 aromatic heterocycles. The predicted octanol–water partition coefficient (Wildman–Crippen LogP) is -0.435. The van der Waals surface area contributed by atoms with Crippen molar-refractivity contribution in [1.29, 1.82) is 0 Å². The molecule has 0 spiro atoms. The van der Waals surface area contributed by atoms with Crippen molar-refractivity contribution in [3.05, 3.63) is 0 Å². The Hall–Kier alpha value is -0.140. The SMILES string of the molecule is CCC(Br)C(=O)NCCS(N)(=O)=O. The standard InChI is InChI=1S/C6H13BrN2O3S/c1-2-5(7)6(10)9-3-4-13(8,11)12/h5H,2-4H2,1H3,(H,9,10)(H2,8,11,12). The summed E-state index contributed by atoms with van der Waals surface area (Å²) in [5.74, 6) is -0.450. The van der Waals surface area contributed by atoms with Gasteiger partial charge in [-0.05, 0) is 6.42 Å². The summed E-state index contributed by atoms with van der Waals surface area (Å²) in [6.45, 7) is 1.90. The Balaban J connectivity index is 3.72. The molecular weight excluding hydrogens is 260 g/mol. The molecule has 0 aromatic rings. The first-order valence-electron chi connectivity index (χ1n) is 3.79. The van der Waals surface area contributed by atoms with Gasteiger partial charge in [-0.25, -0.2) is 13.6 Å². The van der Waals surface area contributed by atoms with Gasteiger partial charge in [0.15, 0.2) is 0 Å². The van der Waals surface area contributed by atoms with E-state index in [4.69, 9.17) is 5.14 Å². The van der Waals surface area contributed by atoms with Crippen LogP contribution in [0.5, 0.6) is 0 Å². The Labute approximate surface area is 86.2 Å². The molecule has 0 heterocycles. The van der Waals surface area contributed by atoms with E-state index in [2.05, 4.69) is 21.2 Å². The van der Waals surface area contributed by atoms with Gasteiger partial charge in [0.2, 0.25) is 15.9 Å². The molecule has 0 aliphatic carbocycles. The van der Waals surface area contributed by atoms with Crippen molar-refractivity contribution in [1.82, 2.24) is 5.32 Å². The van der Waals surface area contributed by atoms with Gasteiger partial charge in [0.05, 0.1) is 10.6 Å². The van der Waals surface area contributed by atoms with Gasteiger partial charge in [0.1, 0.15) is 0 Å². The van der Waals surface area contributed by atoms with Gasteiger partial charge in [-0.2, -0.15) is 0 Å². The number of amides is 1. The lowest BCUT2D eigenvalue weighted by Crippen LogP contribution is -2.35. The smallest absolute Gasteiger partial charge is 0.233 e. The Morgan fingerprint density at radius 1 is 1.62 bits per heavy atom. The highest BCUT2D eigenvalue weighted by Gasteiger charge is 2.12. The number of hydrogen-bond donors (Lipinski definition) is 2. The second kappa shape index (κ2) is 5.56. The molecule has 0 aliphatic heterocycles. The molecule has 1 atom stereocenters. The third-order valence-electron chi connectivity index (χ3n) is 1.33. The number of sulfonamides is 1. The van der Waals surface area contributed by atoms with E-state index in [-0.39, 0.29) is 23.0 Å². The van der Waals surface area contributed by atoms with Gasteiger partial charge >= 0.3 is 0 Å². The minimum atomic E-state index is -3.48. The number of alkyl halides is 1. The van der Waals surface area contributed by atoms with Gasteiger partial charge < -0.3 is 5.32 Å². The molecule has 78 valence electrons. The highest BCUT2D eigenvalue weighted by molar-refractivity contribution is 9.10. The van der Waals surface area contributed by atoms with Gasteiger partial charge in [-0.1, -0.05) is 22.9 Å². The second-order valence-electron chi connectivity index (χ2n) is 2.53. The lowest BCUT2D eigenvalue weighted by atomic mass is 10.3. The topological polar surface area (TPSA) is 89.3 Å². The zero-order chi connectivity index (χ0) is 10.5. The molecule has 0 rings (SSSR count). The van der Waals surface area contributed by atoms with Gasteiger partial charge in [0, 0.05) is 6.54 Å². The normalized spacial score (nSPS) is 13.8. The van der Waals surface area contributed by atoms with E-state index in [1.807, 2.05) is 6.92 Å². The third kappa shape index (κ3) is 6.97. The fourth-order valence-electron chi connectivity index (χ4n) is 0.613. The van der Waals surface area contributed by atoms with E-state index in [0.29, 0.717) is 6.42 Å². The van der Waals surface area contributed by atoms with Crippen LogP contribution >= 0.6 is 15.9 Å². The van der Waals surface area contributed by atoms with Gasteiger partial charge in [0.25, 0.3) is 0 Å². The molecule has 0 fully saturated rings. The fourth-order valence-corrected chi connectivity index (χ4v) is 1.16. The molecule has 13 heavy (non-hydrogen) atoms. The largest absolute Gasteiger partial charge is 0.354 e. The van der Waals surface area contributed by atoms with Crippen LogP contribution in [0.3, 0.4) is 0 Å². The first-order valence-corrected chi connectivity index (χ1v) is 6.42. The number of rotatable bonds is 5. The summed E-state index contributed by atoms with van der Waals surface area (Å²) in [4.78, 5) is 10.8. The third-order valence-corrected chi connectivity index (χ3v) is 3.17. The van der Waals surface area contributed by atoms with Crippen molar-refractivity contribution >= 4 is 31.9 Å². The molecule has 0 aliphatic rings. The average Bonchev–Trinajstić information content (AvgIpc) is 2.00. The van der Waals surface area contributed by atoms with E-state index >= 15 is 0 Å². The van der Waals surface area contributed by atoms with Gasteiger partial charge in [-0.15, -0.1) is 0 Å². The summed E-state index contributed by atoms with van der Waals surface area (Å²) in [7, 11) is -3.48. The first kappa shape index (κ1) is 12.9. The quantitative estimate of drug-likeness (QED) is 0.666. The lowest BCUT2D eigenvalue weighted by molar-refractivity contribution is -0.120. The van der Waals surface area contributed by atoms with Crippen molar-refractivity contribution in [2.75, 3.05) is 12.3 Å². The number of nitrogens with one attached hydrogen (secondary N) is 1. The maximum absolute atomic E-state index is 11.1. The van der Waals surface area contributed by atoms with Crippen molar-refractivity contribution < 1.29 is 13.2 Å². The zero-order valence-electron chi connectivity index (χ0n) is 7.29. The summed E-state index contributed by atoms with van der Waals surface area (Å²) in [5, 5.41) is 7.18. The highest BCUT2D eigenvalue weighted by Crippen LogP contribution is 2.02. The van der Waals surface area contributed by atoms with E-state index in [1.54, 1.807) is 0 Å². The van der Waals surface area contributed by atoms with Crippen molar-refractivity contribution in [2.24, 2.45) is 5.14 Å². The number of halogens is 1. The predicted molar refractivity (Wildman–Crippen MR) is 54.0 cm³/mol. The maximum atomic E-state index is 11.1. The lowest BCUT2D eigenvalue weighted by Gasteiger charge is -2.07. The molecule has 0 saturated heterocycles. The molecule has 5 nitrogen and oxygen atoms in total. The number of carbonyl (C=O) groups excluding carboxylic acids is 1. The molecule has 0 bridgehead atoms. The molecule has 1 unspecified atom stereocenters. The van der Waals surface area contributed by atoms with E-state index in [9.17, 15) is 13.2 Å². The van der Waals surface area contributed by atoms with Crippen LogP contribution in [0.15, 0.2) is 0 Å². The summed E-state index contributed by atoms with van der Waals surface area (Å²) in [6, 6.07) is 0. The minimum absolute atomic E-state index is 0.0553. The van der Waals surface area contributed by atoms with Crippen molar-refractivity contribution in [2.45, 2.75) is 18.2 Å². The van der Waals surface area contributed by atoms with Crippen LogP contribution in [0.25, 0.3) is 0 Å². The van der Waals surface area contributed by atoms with Crippen LogP contribution in [0.2, 0.25) is 0 Å². The molecule has 1 amide bonds. The van der Waals surface area contributed by atoms with Crippen LogP contribution in [0.4, 0.5) is 0 Å². The van der Waals surface area contributed by atoms with Crippen molar-refractivity contribution in [3.8, 4) is 0 Å². The van der Waals surface area contributed by atoms with Crippen LogP contribution < -0.4 is 10.5 Å².